The summed E-state index contributed by atoms with van der Waals surface area (Å²) in [7, 11) is 0. The van der Waals surface area contributed by atoms with E-state index in [2.05, 4.69) is 144 Å². The highest BCUT2D eigenvalue weighted by Gasteiger charge is 2.11. The summed E-state index contributed by atoms with van der Waals surface area (Å²) >= 11 is 0. The number of hydrogen-bond donors (Lipinski definition) is 0. The third-order valence-electron chi connectivity index (χ3n) is 7.44. The van der Waals surface area contributed by atoms with Crippen LogP contribution in [-0.4, -0.2) is 0 Å². The standard InChI is InChI=1S/C37H36/c1-6-28(5)33-18-27(4)21-35(24-33)30-12-10-14-32(23-30)37-16-8-7-15-36(37)31-13-9-11-29(22-31)34-19-25(2)17-26(3)20-34/h7-24,28H,6H2,1-5H3. The fraction of sp³-hybridized carbons (Fsp3) is 0.189. The third kappa shape index (κ3) is 5.44. The van der Waals surface area contributed by atoms with Crippen LogP contribution >= 0.6 is 0 Å². The van der Waals surface area contributed by atoms with E-state index >= 15 is 0 Å². The van der Waals surface area contributed by atoms with E-state index in [-0.39, 0.29) is 0 Å². The van der Waals surface area contributed by atoms with Crippen molar-refractivity contribution in [3.8, 4) is 44.5 Å². The summed E-state index contributed by atoms with van der Waals surface area (Å²) in [5.74, 6) is 0.562. The van der Waals surface area contributed by atoms with Crippen LogP contribution in [0.1, 0.15) is 48.4 Å². The Bertz CT molecular complexity index is 1530. The van der Waals surface area contributed by atoms with Crippen molar-refractivity contribution < 1.29 is 0 Å². The van der Waals surface area contributed by atoms with Gasteiger partial charge in [-0.15, -0.1) is 0 Å². The first kappa shape index (κ1) is 24.8. The molecule has 1 atom stereocenters. The lowest BCUT2D eigenvalue weighted by Crippen LogP contribution is -1.93. The predicted octanol–water partition coefficient (Wildman–Crippen LogP) is 10.8. The highest BCUT2D eigenvalue weighted by atomic mass is 14.2. The van der Waals surface area contributed by atoms with E-state index in [1.165, 1.54) is 66.8 Å². The van der Waals surface area contributed by atoms with Crippen LogP contribution in [0.4, 0.5) is 0 Å². The average molecular weight is 481 g/mol. The van der Waals surface area contributed by atoms with Gasteiger partial charge in [0.15, 0.2) is 0 Å². The fourth-order valence-electron chi connectivity index (χ4n) is 5.36. The van der Waals surface area contributed by atoms with Crippen molar-refractivity contribution in [2.45, 2.75) is 47.0 Å². The predicted molar refractivity (Wildman–Crippen MR) is 161 cm³/mol. The van der Waals surface area contributed by atoms with E-state index in [1.807, 2.05) is 0 Å². The van der Waals surface area contributed by atoms with Gasteiger partial charge < -0.3 is 0 Å². The van der Waals surface area contributed by atoms with Crippen molar-refractivity contribution in [1.29, 1.82) is 0 Å². The molecule has 1 unspecified atom stereocenters. The van der Waals surface area contributed by atoms with Crippen LogP contribution < -0.4 is 0 Å². The van der Waals surface area contributed by atoms with Gasteiger partial charge in [0.1, 0.15) is 0 Å². The Hall–Kier alpha value is -3.90. The van der Waals surface area contributed by atoms with Crippen molar-refractivity contribution in [2.75, 3.05) is 0 Å². The Kier molecular flexibility index (Phi) is 7.10. The second-order valence-corrected chi connectivity index (χ2v) is 10.5. The van der Waals surface area contributed by atoms with Gasteiger partial charge in [-0.05, 0) is 95.3 Å². The molecule has 0 fully saturated rings. The lowest BCUT2D eigenvalue weighted by atomic mass is 9.89. The van der Waals surface area contributed by atoms with Crippen LogP contribution in [0.5, 0.6) is 0 Å². The molecule has 0 aliphatic heterocycles. The molecule has 0 saturated carbocycles. The number of benzene rings is 5. The first-order valence-corrected chi connectivity index (χ1v) is 13.4. The topological polar surface area (TPSA) is 0 Å². The maximum atomic E-state index is 2.37. The maximum Gasteiger partial charge on any atom is -0.0105 e. The minimum atomic E-state index is 0.562. The summed E-state index contributed by atoms with van der Waals surface area (Å²) in [5, 5.41) is 0. The molecule has 184 valence electrons. The molecule has 0 heterocycles. The van der Waals surface area contributed by atoms with Gasteiger partial charge in [-0.1, -0.05) is 128 Å². The summed E-state index contributed by atoms with van der Waals surface area (Å²) in [5.41, 5.74) is 15.4. The zero-order valence-electron chi connectivity index (χ0n) is 22.7. The van der Waals surface area contributed by atoms with E-state index in [9.17, 15) is 0 Å². The number of rotatable bonds is 6. The molecule has 0 bridgehead atoms. The number of aryl methyl sites for hydroxylation is 3. The molecule has 5 rings (SSSR count). The van der Waals surface area contributed by atoms with Crippen molar-refractivity contribution in [3.05, 3.63) is 131 Å². The summed E-state index contributed by atoms with van der Waals surface area (Å²) < 4.78 is 0. The molecule has 0 aliphatic rings. The summed E-state index contributed by atoms with van der Waals surface area (Å²) in [6, 6.07) is 40.6. The summed E-state index contributed by atoms with van der Waals surface area (Å²) in [6.45, 7) is 11.1. The lowest BCUT2D eigenvalue weighted by molar-refractivity contribution is 0.733. The Labute approximate surface area is 222 Å². The molecule has 0 aromatic heterocycles. The van der Waals surface area contributed by atoms with Crippen LogP contribution in [0.15, 0.2) is 109 Å². The Morgan fingerprint density at radius 3 is 1.43 bits per heavy atom. The molecule has 0 amide bonds. The fourth-order valence-corrected chi connectivity index (χ4v) is 5.36. The van der Waals surface area contributed by atoms with Crippen LogP contribution in [0, 0.1) is 20.8 Å². The van der Waals surface area contributed by atoms with E-state index in [0.29, 0.717) is 5.92 Å². The number of hydrogen-bond acceptors (Lipinski definition) is 0. The third-order valence-corrected chi connectivity index (χ3v) is 7.44. The van der Waals surface area contributed by atoms with Gasteiger partial charge >= 0.3 is 0 Å². The Morgan fingerprint density at radius 1 is 0.459 bits per heavy atom. The maximum absolute atomic E-state index is 2.37. The first-order valence-electron chi connectivity index (χ1n) is 13.4. The van der Waals surface area contributed by atoms with Crippen molar-refractivity contribution in [1.82, 2.24) is 0 Å². The molecule has 0 radical (unpaired) electrons. The van der Waals surface area contributed by atoms with Crippen molar-refractivity contribution in [3.63, 3.8) is 0 Å². The molecule has 0 N–H and O–H groups in total. The molecule has 0 aliphatic carbocycles. The Balaban J connectivity index is 1.57. The highest BCUT2D eigenvalue weighted by Crippen LogP contribution is 2.36. The Morgan fingerprint density at radius 2 is 0.919 bits per heavy atom. The van der Waals surface area contributed by atoms with Gasteiger partial charge in [-0.25, -0.2) is 0 Å². The molecule has 0 saturated heterocycles. The average Bonchev–Trinajstić information content (AvgIpc) is 2.92. The van der Waals surface area contributed by atoms with Crippen LogP contribution in [-0.2, 0) is 0 Å². The summed E-state index contributed by atoms with van der Waals surface area (Å²) in [6.07, 6.45) is 1.15. The normalized spacial score (nSPS) is 11.9. The van der Waals surface area contributed by atoms with Gasteiger partial charge in [0, 0.05) is 0 Å². The van der Waals surface area contributed by atoms with Gasteiger partial charge in [0.05, 0.1) is 0 Å². The van der Waals surface area contributed by atoms with Crippen LogP contribution in [0.2, 0.25) is 0 Å². The van der Waals surface area contributed by atoms with Crippen LogP contribution in [0.3, 0.4) is 0 Å². The quantitative estimate of drug-likeness (QED) is 0.227. The van der Waals surface area contributed by atoms with E-state index in [4.69, 9.17) is 0 Å². The van der Waals surface area contributed by atoms with Crippen LogP contribution in [0.25, 0.3) is 44.5 Å². The molecule has 0 heteroatoms. The van der Waals surface area contributed by atoms with Gasteiger partial charge in [0.25, 0.3) is 0 Å². The molecule has 37 heavy (non-hydrogen) atoms. The van der Waals surface area contributed by atoms with E-state index in [0.717, 1.165) is 6.42 Å². The smallest absolute Gasteiger partial charge is 0.0105 e. The minimum Gasteiger partial charge on any atom is -0.0648 e. The zero-order chi connectivity index (χ0) is 25.9. The minimum absolute atomic E-state index is 0.562. The van der Waals surface area contributed by atoms with Crippen molar-refractivity contribution in [2.24, 2.45) is 0 Å². The van der Waals surface area contributed by atoms with E-state index in [1.54, 1.807) is 0 Å². The molecule has 0 spiro atoms. The second-order valence-electron chi connectivity index (χ2n) is 10.5. The lowest BCUT2D eigenvalue weighted by Gasteiger charge is -2.15. The summed E-state index contributed by atoms with van der Waals surface area (Å²) in [4.78, 5) is 0. The zero-order valence-corrected chi connectivity index (χ0v) is 22.7. The molecule has 5 aromatic carbocycles. The molecule has 5 aromatic rings. The van der Waals surface area contributed by atoms with Gasteiger partial charge in [0.2, 0.25) is 0 Å². The SMILES string of the molecule is CCC(C)c1cc(C)cc(-c2cccc(-c3ccccc3-c3cccc(-c4cc(C)cc(C)c4)c3)c2)c1. The highest BCUT2D eigenvalue weighted by molar-refractivity contribution is 5.87. The van der Waals surface area contributed by atoms with Gasteiger partial charge in [-0.3, -0.25) is 0 Å². The molecular formula is C37H36. The largest absolute Gasteiger partial charge is 0.0648 e. The second kappa shape index (κ2) is 10.6. The molecule has 0 nitrogen and oxygen atoms in total. The first-order chi connectivity index (χ1) is 17.9. The monoisotopic (exact) mass is 480 g/mol. The molecular weight excluding hydrogens is 444 g/mol. The van der Waals surface area contributed by atoms with E-state index < -0.39 is 0 Å². The van der Waals surface area contributed by atoms with Crippen molar-refractivity contribution >= 4 is 0 Å². The van der Waals surface area contributed by atoms with Gasteiger partial charge in [-0.2, -0.15) is 0 Å².